The number of aryl methyl sites for hydroxylation is 1. The van der Waals surface area contributed by atoms with Crippen LogP contribution in [0.1, 0.15) is 92.2 Å². The van der Waals surface area contributed by atoms with Crippen LogP contribution in [0.3, 0.4) is 0 Å². The highest BCUT2D eigenvalue weighted by Crippen LogP contribution is 2.18. The maximum Gasteiger partial charge on any atom is 0.0640 e. The highest BCUT2D eigenvalue weighted by Gasteiger charge is 2.09. The molecule has 0 spiro atoms. The minimum atomic E-state index is 0.689. The summed E-state index contributed by atoms with van der Waals surface area (Å²) in [5.74, 6) is 2.60. The summed E-state index contributed by atoms with van der Waals surface area (Å²) in [6.07, 6.45) is 16.7. The number of terminal acetylenes is 1. The van der Waals surface area contributed by atoms with E-state index in [9.17, 15) is 0 Å². The first-order valence-corrected chi connectivity index (χ1v) is 11.5. The summed E-state index contributed by atoms with van der Waals surface area (Å²) < 4.78 is 0. The van der Waals surface area contributed by atoms with Crippen LogP contribution in [0.2, 0.25) is 0 Å². The number of benzene rings is 1. The van der Waals surface area contributed by atoms with E-state index >= 15 is 0 Å². The van der Waals surface area contributed by atoms with Crippen LogP contribution in [-0.4, -0.2) is 5.71 Å². The van der Waals surface area contributed by atoms with Gasteiger partial charge in [0, 0.05) is 5.56 Å². The topological polar surface area (TPSA) is 23.9 Å². The zero-order chi connectivity index (χ0) is 24.2. The molecule has 0 heterocycles. The van der Waals surface area contributed by atoms with E-state index in [2.05, 4.69) is 52.3 Å². The summed E-state index contributed by atoms with van der Waals surface area (Å²) in [5, 5.41) is 8.24. The Kier molecular flexibility index (Phi) is 19.1. The van der Waals surface area contributed by atoms with Gasteiger partial charge in [-0.1, -0.05) is 74.6 Å². The number of rotatable bonds is 9. The highest BCUT2D eigenvalue weighted by molar-refractivity contribution is 6.12. The molecule has 0 aliphatic rings. The third-order valence-electron chi connectivity index (χ3n) is 4.59. The molecule has 0 radical (unpaired) electrons. The molecule has 1 heteroatoms. The van der Waals surface area contributed by atoms with E-state index in [4.69, 9.17) is 11.8 Å². The molecule has 31 heavy (non-hydrogen) atoms. The van der Waals surface area contributed by atoms with Crippen molar-refractivity contribution in [2.45, 2.75) is 87.5 Å². The molecule has 0 atom stereocenters. The number of hydrogen-bond donors (Lipinski definition) is 1. The Labute approximate surface area is 193 Å². The predicted octanol–water partition coefficient (Wildman–Crippen LogP) is 9.26. The molecule has 0 aliphatic heterocycles. The standard InChI is InChI=1S/C15H25N.C13H14.C2H6/c1-6-9-11-14(12(4)5)15(16)13(8-3)10-7-2;1-4-12-7-9-13(10-8-12)6-5-11(2)3;1-2/h7-8,10,16H,6,9,11H2,1-5H3;1,7-10H,2,5-6H2,3H3;1-2H3/b10-7-,13-8+,16-15?;;. The number of hydrogen-bond acceptors (Lipinski definition) is 1. The Bertz CT molecular complexity index is 773. The Balaban J connectivity index is 0. The lowest BCUT2D eigenvalue weighted by Crippen LogP contribution is -2.06. The summed E-state index contributed by atoms with van der Waals surface area (Å²) in [4.78, 5) is 0. The van der Waals surface area contributed by atoms with Crippen molar-refractivity contribution >= 4 is 5.71 Å². The van der Waals surface area contributed by atoms with E-state index in [1.54, 1.807) is 0 Å². The molecule has 1 nitrogen and oxygen atoms in total. The lowest BCUT2D eigenvalue weighted by Gasteiger charge is -2.12. The van der Waals surface area contributed by atoms with Crippen LogP contribution in [0, 0.1) is 17.8 Å². The summed E-state index contributed by atoms with van der Waals surface area (Å²) >= 11 is 0. The van der Waals surface area contributed by atoms with Gasteiger partial charge in [-0.2, -0.15) is 0 Å². The van der Waals surface area contributed by atoms with Crippen LogP contribution >= 0.6 is 0 Å². The lowest BCUT2D eigenvalue weighted by atomic mass is 9.94. The molecule has 1 aromatic carbocycles. The molecule has 0 bridgehead atoms. The van der Waals surface area contributed by atoms with E-state index in [0.29, 0.717) is 5.71 Å². The van der Waals surface area contributed by atoms with E-state index < -0.39 is 0 Å². The smallest absolute Gasteiger partial charge is 0.0640 e. The minimum Gasteiger partial charge on any atom is -0.300 e. The average Bonchev–Trinajstić information content (AvgIpc) is 2.78. The van der Waals surface area contributed by atoms with Gasteiger partial charge in [0.15, 0.2) is 0 Å². The van der Waals surface area contributed by atoms with Crippen LogP contribution in [0.15, 0.2) is 71.4 Å². The maximum absolute atomic E-state index is 8.24. The van der Waals surface area contributed by atoms with Crippen molar-refractivity contribution in [3.63, 3.8) is 0 Å². The Morgan fingerprint density at radius 1 is 1.06 bits per heavy atom. The van der Waals surface area contributed by atoms with Crippen molar-refractivity contribution in [1.82, 2.24) is 0 Å². The monoisotopic (exact) mass is 419 g/mol. The third kappa shape index (κ3) is 14.1. The second kappa shape index (κ2) is 19.4. The number of unbranched alkanes of at least 4 members (excludes halogenated alkanes) is 1. The average molecular weight is 420 g/mol. The lowest BCUT2D eigenvalue weighted by molar-refractivity contribution is 0.797. The molecule has 0 fully saturated rings. The van der Waals surface area contributed by atoms with Gasteiger partial charge in [0.1, 0.15) is 0 Å². The molecule has 0 aromatic heterocycles. The molecule has 0 saturated heterocycles. The number of nitrogens with one attached hydrogen (secondary N) is 1. The molecular weight excluding hydrogens is 374 g/mol. The van der Waals surface area contributed by atoms with Crippen molar-refractivity contribution in [2.24, 2.45) is 0 Å². The van der Waals surface area contributed by atoms with E-state index in [0.717, 1.165) is 36.8 Å². The normalized spacial score (nSPS) is 10.2. The van der Waals surface area contributed by atoms with Crippen molar-refractivity contribution in [3.05, 3.63) is 82.5 Å². The van der Waals surface area contributed by atoms with Crippen molar-refractivity contribution in [1.29, 1.82) is 5.41 Å². The van der Waals surface area contributed by atoms with Gasteiger partial charge in [-0.05, 0) is 89.1 Å². The summed E-state index contributed by atoms with van der Waals surface area (Å²) in [7, 11) is 0. The Morgan fingerprint density at radius 2 is 1.65 bits per heavy atom. The molecule has 1 rings (SSSR count). The fourth-order valence-electron chi connectivity index (χ4n) is 2.78. The van der Waals surface area contributed by atoms with Crippen LogP contribution in [-0.2, 0) is 6.42 Å². The van der Waals surface area contributed by atoms with Crippen molar-refractivity contribution < 1.29 is 0 Å². The fourth-order valence-corrected chi connectivity index (χ4v) is 2.78. The quantitative estimate of drug-likeness (QED) is 0.178. The predicted molar refractivity (Wildman–Crippen MR) is 143 cm³/mol. The van der Waals surface area contributed by atoms with Gasteiger partial charge in [-0.15, -0.1) is 13.0 Å². The Hall–Kier alpha value is -2.59. The van der Waals surface area contributed by atoms with Gasteiger partial charge in [-0.3, -0.25) is 0 Å². The molecule has 1 aromatic rings. The first-order valence-electron chi connectivity index (χ1n) is 11.5. The van der Waals surface area contributed by atoms with Gasteiger partial charge in [-0.25, -0.2) is 0 Å². The summed E-state index contributed by atoms with van der Waals surface area (Å²) in [5.41, 5.74) is 7.67. The zero-order valence-electron chi connectivity index (χ0n) is 21.4. The van der Waals surface area contributed by atoms with Crippen molar-refractivity contribution in [2.75, 3.05) is 0 Å². The second-order valence-corrected chi connectivity index (χ2v) is 7.50. The third-order valence-corrected chi connectivity index (χ3v) is 4.59. The van der Waals surface area contributed by atoms with E-state index in [-0.39, 0.29) is 0 Å². The van der Waals surface area contributed by atoms with Gasteiger partial charge >= 0.3 is 0 Å². The Morgan fingerprint density at radius 3 is 2.03 bits per heavy atom. The molecule has 170 valence electrons. The first-order chi connectivity index (χ1) is 14.8. The van der Waals surface area contributed by atoms with E-state index in [1.807, 2.05) is 58.1 Å². The number of allylic oxidation sites excluding steroid dienone is 7. The molecule has 1 N–H and O–H groups in total. The van der Waals surface area contributed by atoms with E-state index in [1.165, 1.54) is 28.7 Å². The summed E-state index contributed by atoms with van der Waals surface area (Å²) in [6, 6.07) is 8.12. The minimum absolute atomic E-state index is 0.689. The van der Waals surface area contributed by atoms with Crippen LogP contribution in [0.5, 0.6) is 0 Å². The molecule has 0 amide bonds. The van der Waals surface area contributed by atoms with Crippen LogP contribution in [0.25, 0.3) is 0 Å². The summed E-state index contributed by atoms with van der Waals surface area (Å²) in [6.45, 7) is 20.3. The first kappa shape index (κ1) is 30.6. The van der Waals surface area contributed by atoms with Crippen LogP contribution in [0.4, 0.5) is 0 Å². The maximum atomic E-state index is 8.24. The SMILES string of the molecule is C#Cc1ccc(CCC(=C)C)cc1.C/C=C\C(=C/C)C(=N)C(CCCC)=C(C)C.CC. The van der Waals surface area contributed by atoms with Crippen molar-refractivity contribution in [3.8, 4) is 12.3 Å². The molecule has 0 aliphatic carbocycles. The van der Waals surface area contributed by atoms with Crippen LogP contribution < -0.4 is 0 Å². The second-order valence-electron chi connectivity index (χ2n) is 7.50. The van der Waals surface area contributed by atoms with Gasteiger partial charge in [0.2, 0.25) is 0 Å². The zero-order valence-corrected chi connectivity index (χ0v) is 21.4. The molecule has 0 saturated carbocycles. The van der Waals surface area contributed by atoms with Gasteiger partial charge in [0.05, 0.1) is 5.71 Å². The van der Waals surface area contributed by atoms with Gasteiger partial charge < -0.3 is 5.41 Å². The van der Waals surface area contributed by atoms with Gasteiger partial charge in [0.25, 0.3) is 0 Å². The molecular formula is C30H45N. The largest absolute Gasteiger partial charge is 0.300 e. The molecule has 0 unspecified atom stereocenters. The fraction of sp³-hybridized carbons (Fsp3) is 0.433. The highest BCUT2D eigenvalue weighted by atomic mass is 14.4.